The Labute approximate surface area is 106 Å². The molecule has 2 aromatic rings. The van der Waals surface area contributed by atoms with Gasteiger partial charge in [0.2, 0.25) is 5.91 Å². The van der Waals surface area contributed by atoms with Crippen molar-refractivity contribution >= 4 is 29.0 Å². The first-order valence-corrected chi connectivity index (χ1v) is 6.51. The van der Waals surface area contributed by atoms with Crippen LogP contribution in [-0.4, -0.2) is 21.4 Å². The van der Waals surface area contributed by atoms with Crippen molar-refractivity contribution in [3.8, 4) is 10.8 Å². The van der Waals surface area contributed by atoms with Gasteiger partial charge in [0.05, 0.1) is 10.1 Å². The van der Waals surface area contributed by atoms with Gasteiger partial charge in [-0.3, -0.25) is 10.2 Å². The molecule has 0 aromatic carbocycles. The lowest BCUT2D eigenvalue weighted by molar-refractivity contribution is -0.120. The molecule has 6 nitrogen and oxygen atoms in total. The first-order chi connectivity index (χ1) is 8.20. The molecule has 1 amide bonds. The quantitative estimate of drug-likeness (QED) is 0.376. The number of hydrazine groups is 1. The van der Waals surface area contributed by atoms with Gasteiger partial charge in [0.15, 0.2) is 0 Å². The zero-order valence-electron chi connectivity index (χ0n) is 8.91. The molecule has 0 aliphatic rings. The van der Waals surface area contributed by atoms with E-state index < -0.39 is 0 Å². The van der Waals surface area contributed by atoms with Crippen LogP contribution in [0.15, 0.2) is 27.2 Å². The van der Waals surface area contributed by atoms with Crippen molar-refractivity contribution in [3.05, 3.63) is 17.5 Å². The minimum Gasteiger partial charge on any atom is -0.410 e. The molecular weight excluding hydrogens is 260 g/mol. The van der Waals surface area contributed by atoms with E-state index in [1.54, 1.807) is 6.92 Å². The second-order valence-corrected chi connectivity index (χ2v) is 5.36. The smallest absolute Gasteiger partial charge is 0.277 e. The van der Waals surface area contributed by atoms with E-state index in [0.717, 1.165) is 4.88 Å². The van der Waals surface area contributed by atoms with E-state index in [-0.39, 0.29) is 11.2 Å². The summed E-state index contributed by atoms with van der Waals surface area (Å²) in [7, 11) is 0. The number of hydrogen-bond donors (Lipinski definition) is 2. The van der Waals surface area contributed by atoms with Crippen molar-refractivity contribution < 1.29 is 9.21 Å². The molecule has 0 aliphatic carbocycles. The average Bonchev–Trinajstić information content (AvgIpc) is 2.97. The number of aromatic nitrogens is 2. The van der Waals surface area contributed by atoms with Gasteiger partial charge in [-0.05, 0) is 18.4 Å². The fourth-order valence-electron chi connectivity index (χ4n) is 1.08. The predicted octanol–water partition coefficient (Wildman–Crippen LogP) is 1.27. The Hall–Kier alpha value is -1.38. The zero-order valence-corrected chi connectivity index (χ0v) is 10.5. The number of amides is 1. The van der Waals surface area contributed by atoms with E-state index in [1.807, 2.05) is 17.5 Å². The molecule has 8 heteroatoms. The van der Waals surface area contributed by atoms with E-state index in [4.69, 9.17) is 10.3 Å². The van der Waals surface area contributed by atoms with E-state index in [0.29, 0.717) is 11.1 Å². The van der Waals surface area contributed by atoms with Crippen LogP contribution < -0.4 is 11.3 Å². The molecular formula is C9H10N4O2S2. The summed E-state index contributed by atoms with van der Waals surface area (Å²) in [6.07, 6.45) is 0. The molecule has 2 aromatic heterocycles. The van der Waals surface area contributed by atoms with Crippen LogP contribution in [0.4, 0.5) is 0 Å². The Kier molecular flexibility index (Phi) is 3.77. The summed E-state index contributed by atoms with van der Waals surface area (Å²) in [5, 5.41) is 9.67. The van der Waals surface area contributed by atoms with Gasteiger partial charge < -0.3 is 4.42 Å². The molecule has 1 atom stereocenters. The van der Waals surface area contributed by atoms with Crippen LogP contribution in [-0.2, 0) is 4.79 Å². The predicted molar refractivity (Wildman–Crippen MR) is 65.3 cm³/mol. The molecule has 0 aliphatic heterocycles. The lowest BCUT2D eigenvalue weighted by Crippen LogP contribution is -2.36. The maximum absolute atomic E-state index is 11.2. The van der Waals surface area contributed by atoms with Crippen LogP contribution in [0.25, 0.3) is 10.8 Å². The fourth-order valence-corrected chi connectivity index (χ4v) is 2.42. The van der Waals surface area contributed by atoms with Crippen molar-refractivity contribution in [1.29, 1.82) is 0 Å². The minimum atomic E-state index is -0.378. The van der Waals surface area contributed by atoms with Gasteiger partial charge in [-0.1, -0.05) is 17.8 Å². The summed E-state index contributed by atoms with van der Waals surface area (Å²) in [4.78, 5) is 12.1. The molecule has 3 N–H and O–H groups in total. The largest absolute Gasteiger partial charge is 0.410 e. The van der Waals surface area contributed by atoms with Gasteiger partial charge in [0.25, 0.3) is 11.1 Å². The lowest BCUT2D eigenvalue weighted by atomic mass is 10.5. The highest BCUT2D eigenvalue weighted by Gasteiger charge is 2.17. The van der Waals surface area contributed by atoms with Gasteiger partial charge in [-0.25, -0.2) is 5.84 Å². The SMILES string of the molecule is CC(Sc1nnc(-c2cccs2)o1)C(=O)NN. The third-order valence-corrected chi connectivity index (χ3v) is 3.72. The molecule has 2 rings (SSSR count). The Bertz CT molecular complexity index is 497. The minimum absolute atomic E-state index is 0.286. The van der Waals surface area contributed by atoms with Crippen molar-refractivity contribution in [1.82, 2.24) is 15.6 Å². The Morgan fingerprint density at radius 3 is 3.12 bits per heavy atom. The molecule has 0 fully saturated rings. The van der Waals surface area contributed by atoms with Gasteiger partial charge in [-0.2, -0.15) is 0 Å². The molecule has 2 heterocycles. The van der Waals surface area contributed by atoms with Crippen LogP contribution in [0.1, 0.15) is 6.92 Å². The first kappa shape index (κ1) is 12.1. The van der Waals surface area contributed by atoms with Gasteiger partial charge in [0, 0.05) is 0 Å². The summed E-state index contributed by atoms with van der Waals surface area (Å²) in [5.41, 5.74) is 2.07. The average molecular weight is 270 g/mol. The normalized spacial score (nSPS) is 12.4. The summed E-state index contributed by atoms with van der Waals surface area (Å²) < 4.78 is 5.42. The molecule has 1 unspecified atom stereocenters. The highest BCUT2D eigenvalue weighted by Crippen LogP contribution is 2.28. The maximum Gasteiger partial charge on any atom is 0.277 e. The second-order valence-electron chi connectivity index (χ2n) is 3.12. The first-order valence-electron chi connectivity index (χ1n) is 4.75. The van der Waals surface area contributed by atoms with Crippen molar-refractivity contribution in [2.75, 3.05) is 0 Å². The van der Waals surface area contributed by atoms with Crippen LogP contribution in [0.5, 0.6) is 0 Å². The van der Waals surface area contributed by atoms with E-state index >= 15 is 0 Å². The van der Waals surface area contributed by atoms with Crippen molar-refractivity contribution in [3.63, 3.8) is 0 Å². The molecule has 0 bridgehead atoms. The van der Waals surface area contributed by atoms with Crippen LogP contribution in [0, 0.1) is 0 Å². The highest BCUT2D eigenvalue weighted by atomic mass is 32.2. The topological polar surface area (TPSA) is 94.0 Å². The number of nitrogens with zero attached hydrogens (tertiary/aromatic N) is 2. The van der Waals surface area contributed by atoms with E-state index in [9.17, 15) is 4.79 Å². The number of thioether (sulfide) groups is 1. The number of carbonyl (C=O) groups is 1. The van der Waals surface area contributed by atoms with Crippen LogP contribution in [0.3, 0.4) is 0 Å². The monoisotopic (exact) mass is 270 g/mol. The van der Waals surface area contributed by atoms with Crippen molar-refractivity contribution in [2.24, 2.45) is 5.84 Å². The maximum atomic E-state index is 11.2. The third kappa shape index (κ3) is 2.84. The number of nitrogens with one attached hydrogen (secondary N) is 1. The van der Waals surface area contributed by atoms with E-state index in [1.165, 1.54) is 23.1 Å². The second kappa shape index (κ2) is 5.30. The number of rotatable bonds is 4. The summed E-state index contributed by atoms with van der Waals surface area (Å²) in [5.74, 6) is 5.21. The Morgan fingerprint density at radius 1 is 1.65 bits per heavy atom. The Morgan fingerprint density at radius 2 is 2.47 bits per heavy atom. The Balaban J connectivity index is 2.06. The molecule has 0 saturated heterocycles. The van der Waals surface area contributed by atoms with Crippen molar-refractivity contribution in [2.45, 2.75) is 17.4 Å². The summed E-state index contributed by atoms with van der Waals surface area (Å²) in [6, 6.07) is 3.80. The fraction of sp³-hybridized carbons (Fsp3) is 0.222. The molecule has 0 saturated carbocycles. The van der Waals surface area contributed by atoms with Crippen LogP contribution in [0.2, 0.25) is 0 Å². The number of carbonyl (C=O) groups excluding carboxylic acids is 1. The molecule has 0 spiro atoms. The standard InChI is InChI=1S/C9H10N4O2S2/c1-5(7(14)11-10)17-9-13-12-8(15-9)6-3-2-4-16-6/h2-5H,10H2,1H3,(H,11,14). The number of nitrogens with two attached hydrogens (primary N) is 1. The van der Waals surface area contributed by atoms with Crippen LogP contribution >= 0.6 is 23.1 Å². The molecule has 90 valence electrons. The lowest BCUT2D eigenvalue weighted by Gasteiger charge is -2.04. The highest BCUT2D eigenvalue weighted by molar-refractivity contribution is 8.00. The number of thiophene rings is 1. The molecule has 17 heavy (non-hydrogen) atoms. The third-order valence-electron chi connectivity index (χ3n) is 1.93. The van der Waals surface area contributed by atoms with E-state index in [2.05, 4.69) is 15.6 Å². The van der Waals surface area contributed by atoms with Gasteiger partial charge in [-0.15, -0.1) is 21.5 Å². The van der Waals surface area contributed by atoms with Gasteiger partial charge >= 0.3 is 0 Å². The summed E-state index contributed by atoms with van der Waals surface area (Å²) >= 11 is 2.68. The summed E-state index contributed by atoms with van der Waals surface area (Å²) in [6.45, 7) is 1.71. The van der Waals surface area contributed by atoms with Gasteiger partial charge in [0.1, 0.15) is 0 Å². The number of hydrogen-bond acceptors (Lipinski definition) is 7. The molecule has 0 radical (unpaired) electrons. The zero-order chi connectivity index (χ0) is 12.3.